The van der Waals surface area contributed by atoms with E-state index in [4.69, 9.17) is 9.47 Å². The zero-order valence-corrected chi connectivity index (χ0v) is 13.4. The lowest BCUT2D eigenvalue weighted by Crippen LogP contribution is -2.03. The molecule has 0 aliphatic rings. The summed E-state index contributed by atoms with van der Waals surface area (Å²) in [5, 5.41) is 14.2. The first-order valence-electron chi connectivity index (χ1n) is 7.29. The normalized spacial score (nSPS) is 10.1. The summed E-state index contributed by atoms with van der Waals surface area (Å²) in [6.45, 7) is 0. The molecule has 0 unspecified atom stereocenters. The summed E-state index contributed by atoms with van der Waals surface area (Å²) in [7, 11) is 3.21. The predicted molar refractivity (Wildman–Crippen MR) is 92.4 cm³/mol. The van der Waals surface area contributed by atoms with E-state index >= 15 is 0 Å². The Kier molecular flexibility index (Phi) is 4.71. The average Bonchev–Trinajstić information content (AvgIpc) is 2.63. The summed E-state index contributed by atoms with van der Waals surface area (Å²) in [5.74, 6) is 2.31. The Labute approximate surface area is 139 Å². The van der Waals surface area contributed by atoms with Crippen molar-refractivity contribution in [1.29, 1.82) is 0 Å². The van der Waals surface area contributed by atoms with Gasteiger partial charge in [0.25, 0.3) is 0 Å². The standard InChI is InChI=1S/C17H17N5O2/c1-23-13-8-9-14(15(10-13)24-2)20-16-11-18-22-17(21-16)19-12-6-4-3-5-7-12/h3-11H,1-2H3,(H2,19,20,21,22). The molecule has 1 heterocycles. The third kappa shape index (κ3) is 3.70. The van der Waals surface area contributed by atoms with E-state index in [1.165, 1.54) is 0 Å². The Morgan fingerprint density at radius 3 is 2.50 bits per heavy atom. The molecule has 1 aromatic heterocycles. The molecule has 3 rings (SSSR count). The summed E-state index contributed by atoms with van der Waals surface area (Å²) >= 11 is 0. The molecule has 0 fully saturated rings. The Bertz CT molecular complexity index is 811. The zero-order valence-electron chi connectivity index (χ0n) is 13.4. The number of para-hydroxylation sites is 1. The average molecular weight is 323 g/mol. The fraction of sp³-hybridized carbons (Fsp3) is 0.118. The third-order valence-corrected chi connectivity index (χ3v) is 3.26. The van der Waals surface area contributed by atoms with Crippen LogP contribution in [0.2, 0.25) is 0 Å². The molecule has 122 valence electrons. The fourth-order valence-electron chi connectivity index (χ4n) is 2.11. The van der Waals surface area contributed by atoms with Crippen LogP contribution in [0.25, 0.3) is 0 Å². The van der Waals surface area contributed by atoms with Gasteiger partial charge in [0.15, 0.2) is 5.82 Å². The molecule has 0 amide bonds. The lowest BCUT2D eigenvalue weighted by molar-refractivity contribution is 0.395. The fourth-order valence-corrected chi connectivity index (χ4v) is 2.11. The maximum Gasteiger partial charge on any atom is 0.249 e. The molecule has 3 aromatic rings. The maximum atomic E-state index is 5.36. The molecule has 0 aliphatic carbocycles. The van der Waals surface area contributed by atoms with Crippen molar-refractivity contribution in [3.63, 3.8) is 0 Å². The third-order valence-electron chi connectivity index (χ3n) is 3.26. The molecule has 0 saturated carbocycles. The molecule has 0 bridgehead atoms. The molecule has 0 aliphatic heterocycles. The van der Waals surface area contributed by atoms with Gasteiger partial charge in [-0.2, -0.15) is 10.1 Å². The Morgan fingerprint density at radius 2 is 1.75 bits per heavy atom. The number of methoxy groups -OCH3 is 2. The number of nitrogens with zero attached hydrogens (tertiary/aromatic N) is 3. The topological polar surface area (TPSA) is 81.2 Å². The minimum Gasteiger partial charge on any atom is -0.497 e. The highest BCUT2D eigenvalue weighted by molar-refractivity contribution is 5.66. The molecule has 7 heteroatoms. The van der Waals surface area contributed by atoms with Crippen molar-refractivity contribution in [2.24, 2.45) is 0 Å². The first kappa shape index (κ1) is 15.5. The van der Waals surface area contributed by atoms with Gasteiger partial charge in [0.2, 0.25) is 5.95 Å². The highest BCUT2D eigenvalue weighted by Gasteiger charge is 2.07. The second-order valence-corrected chi connectivity index (χ2v) is 4.85. The van der Waals surface area contributed by atoms with Crippen LogP contribution in [-0.2, 0) is 0 Å². The summed E-state index contributed by atoms with van der Waals surface area (Å²) in [5.41, 5.74) is 1.64. The van der Waals surface area contributed by atoms with Gasteiger partial charge >= 0.3 is 0 Å². The molecular weight excluding hydrogens is 306 g/mol. The van der Waals surface area contributed by atoms with Crippen LogP contribution >= 0.6 is 0 Å². The maximum absolute atomic E-state index is 5.36. The van der Waals surface area contributed by atoms with Gasteiger partial charge in [-0.1, -0.05) is 18.2 Å². The van der Waals surface area contributed by atoms with Crippen LogP contribution in [0, 0.1) is 0 Å². The Morgan fingerprint density at radius 1 is 0.917 bits per heavy atom. The number of rotatable bonds is 6. The van der Waals surface area contributed by atoms with E-state index in [0.717, 1.165) is 11.4 Å². The second-order valence-electron chi connectivity index (χ2n) is 4.85. The quantitative estimate of drug-likeness (QED) is 0.719. The van der Waals surface area contributed by atoms with Crippen molar-refractivity contribution in [2.75, 3.05) is 24.9 Å². The molecule has 0 spiro atoms. The molecule has 7 nitrogen and oxygen atoms in total. The van der Waals surface area contributed by atoms with Crippen LogP contribution in [0.1, 0.15) is 0 Å². The van der Waals surface area contributed by atoms with Gasteiger partial charge in [-0.3, -0.25) is 0 Å². The highest BCUT2D eigenvalue weighted by atomic mass is 16.5. The first-order chi connectivity index (χ1) is 11.8. The molecule has 2 aromatic carbocycles. The van der Waals surface area contributed by atoms with E-state index in [1.54, 1.807) is 26.5 Å². The van der Waals surface area contributed by atoms with Crippen LogP contribution in [-0.4, -0.2) is 29.4 Å². The minimum absolute atomic E-state index is 0.402. The lowest BCUT2D eigenvalue weighted by atomic mass is 10.2. The number of ether oxygens (including phenoxy) is 2. The molecule has 0 radical (unpaired) electrons. The van der Waals surface area contributed by atoms with E-state index in [0.29, 0.717) is 23.3 Å². The predicted octanol–water partition coefficient (Wildman–Crippen LogP) is 3.38. The van der Waals surface area contributed by atoms with Crippen molar-refractivity contribution >= 4 is 23.1 Å². The number of aromatic nitrogens is 3. The minimum atomic E-state index is 0.402. The van der Waals surface area contributed by atoms with Crippen molar-refractivity contribution in [3.8, 4) is 11.5 Å². The van der Waals surface area contributed by atoms with Crippen LogP contribution in [0.5, 0.6) is 11.5 Å². The second kappa shape index (κ2) is 7.28. The largest absolute Gasteiger partial charge is 0.497 e. The Balaban J connectivity index is 1.80. The zero-order chi connectivity index (χ0) is 16.8. The van der Waals surface area contributed by atoms with Gasteiger partial charge in [-0.25, -0.2) is 0 Å². The van der Waals surface area contributed by atoms with E-state index in [-0.39, 0.29) is 0 Å². The number of hydrogen-bond acceptors (Lipinski definition) is 7. The van der Waals surface area contributed by atoms with Crippen LogP contribution in [0.4, 0.5) is 23.1 Å². The van der Waals surface area contributed by atoms with Gasteiger partial charge in [-0.05, 0) is 24.3 Å². The van der Waals surface area contributed by atoms with E-state index in [1.807, 2.05) is 42.5 Å². The summed E-state index contributed by atoms with van der Waals surface area (Å²) in [6, 6.07) is 15.1. The van der Waals surface area contributed by atoms with Gasteiger partial charge in [0.1, 0.15) is 11.5 Å². The number of anilines is 4. The molecule has 24 heavy (non-hydrogen) atoms. The van der Waals surface area contributed by atoms with Gasteiger partial charge in [0, 0.05) is 11.8 Å². The number of nitrogens with one attached hydrogen (secondary N) is 2. The molecule has 0 saturated heterocycles. The molecule has 0 atom stereocenters. The summed E-state index contributed by atoms with van der Waals surface area (Å²) < 4.78 is 10.6. The lowest BCUT2D eigenvalue weighted by Gasteiger charge is -2.12. The van der Waals surface area contributed by atoms with Gasteiger partial charge < -0.3 is 20.1 Å². The summed E-state index contributed by atoms with van der Waals surface area (Å²) in [6.07, 6.45) is 1.54. The van der Waals surface area contributed by atoms with Gasteiger partial charge in [-0.15, -0.1) is 5.10 Å². The Hall–Kier alpha value is -3.35. The number of hydrogen-bond donors (Lipinski definition) is 2. The van der Waals surface area contributed by atoms with E-state index in [9.17, 15) is 0 Å². The van der Waals surface area contributed by atoms with Crippen LogP contribution < -0.4 is 20.1 Å². The van der Waals surface area contributed by atoms with E-state index in [2.05, 4.69) is 25.8 Å². The van der Waals surface area contributed by atoms with Crippen molar-refractivity contribution in [2.45, 2.75) is 0 Å². The van der Waals surface area contributed by atoms with Crippen molar-refractivity contribution in [3.05, 3.63) is 54.7 Å². The van der Waals surface area contributed by atoms with Crippen LogP contribution in [0.15, 0.2) is 54.7 Å². The summed E-state index contributed by atoms with van der Waals surface area (Å²) in [4.78, 5) is 4.40. The highest BCUT2D eigenvalue weighted by Crippen LogP contribution is 2.31. The first-order valence-corrected chi connectivity index (χ1v) is 7.29. The smallest absolute Gasteiger partial charge is 0.249 e. The monoisotopic (exact) mass is 323 g/mol. The molecular formula is C17H17N5O2. The molecule has 2 N–H and O–H groups in total. The number of benzene rings is 2. The van der Waals surface area contributed by atoms with E-state index < -0.39 is 0 Å². The van der Waals surface area contributed by atoms with Crippen molar-refractivity contribution < 1.29 is 9.47 Å². The van der Waals surface area contributed by atoms with Gasteiger partial charge in [0.05, 0.1) is 26.1 Å². The van der Waals surface area contributed by atoms with Crippen molar-refractivity contribution in [1.82, 2.24) is 15.2 Å². The van der Waals surface area contributed by atoms with Crippen LogP contribution in [0.3, 0.4) is 0 Å². The SMILES string of the molecule is COc1ccc(Nc2cnnc(Nc3ccccc3)n2)c(OC)c1.